The fraction of sp³-hybridized carbons (Fsp3) is 0.294. The third kappa shape index (κ3) is 4.91. The molecule has 0 bridgehead atoms. The van der Waals surface area contributed by atoms with E-state index >= 15 is 0 Å². The van der Waals surface area contributed by atoms with Crippen molar-refractivity contribution in [1.29, 1.82) is 0 Å². The van der Waals surface area contributed by atoms with Gasteiger partial charge in [-0.3, -0.25) is 4.79 Å². The van der Waals surface area contributed by atoms with E-state index in [0.717, 1.165) is 11.1 Å². The molecule has 0 saturated carbocycles. The molecular formula is C17H16F4N2O2. The van der Waals surface area contributed by atoms with Gasteiger partial charge in [0.15, 0.2) is 6.61 Å². The van der Waals surface area contributed by atoms with Crippen LogP contribution in [0.4, 0.5) is 23.2 Å². The fourth-order valence-corrected chi connectivity index (χ4v) is 1.86. The van der Waals surface area contributed by atoms with Crippen LogP contribution in [-0.2, 0) is 0 Å². The number of benzene rings is 1. The Morgan fingerprint density at radius 3 is 2.48 bits per heavy atom. The molecule has 1 amide bonds. The van der Waals surface area contributed by atoms with Gasteiger partial charge in [0.25, 0.3) is 5.91 Å². The molecule has 0 radical (unpaired) electrons. The average Bonchev–Trinajstić information content (AvgIpc) is 2.56. The highest BCUT2D eigenvalue weighted by molar-refractivity contribution is 6.04. The van der Waals surface area contributed by atoms with Crippen molar-refractivity contribution >= 4 is 11.6 Å². The second-order valence-electron chi connectivity index (χ2n) is 5.49. The van der Waals surface area contributed by atoms with Crippen LogP contribution >= 0.6 is 0 Å². The predicted molar refractivity (Wildman–Crippen MR) is 84.6 cm³/mol. The molecule has 8 heteroatoms. The monoisotopic (exact) mass is 356 g/mol. The van der Waals surface area contributed by atoms with Gasteiger partial charge in [-0.25, -0.2) is 13.8 Å². The van der Waals surface area contributed by atoms with Gasteiger partial charge in [0.05, 0.1) is 11.9 Å². The Labute approximate surface area is 141 Å². The number of nitrogens with one attached hydrogen (secondary N) is 1. The second kappa shape index (κ2) is 7.50. The lowest BCUT2D eigenvalue weighted by molar-refractivity contribution is -0.148. The van der Waals surface area contributed by atoms with E-state index in [4.69, 9.17) is 0 Å². The van der Waals surface area contributed by atoms with Gasteiger partial charge < -0.3 is 10.1 Å². The van der Waals surface area contributed by atoms with Gasteiger partial charge in [0.1, 0.15) is 0 Å². The summed E-state index contributed by atoms with van der Waals surface area (Å²) in [5.74, 6) is -4.86. The summed E-state index contributed by atoms with van der Waals surface area (Å²) in [4.78, 5) is 15.8. The van der Waals surface area contributed by atoms with E-state index < -0.39 is 19.0 Å². The Kier molecular flexibility index (Phi) is 5.61. The van der Waals surface area contributed by atoms with E-state index in [9.17, 15) is 22.4 Å². The molecule has 0 unspecified atom stereocenters. The van der Waals surface area contributed by atoms with Gasteiger partial charge in [0.2, 0.25) is 5.88 Å². The molecule has 0 aliphatic rings. The summed E-state index contributed by atoms with van der Waals surface area (Å²) in [5.41, 5.74) is 2.80. The van der Waals surface area contributed by atoms with Crippen LogP contribution in [0.15, 0.2) is 36.5 Å². The first-order chi connectivity index (χ1) is 11.7. The van der Waals surface area contributed by atoms with Crippen molar-refractivity contribution in [2.75, 3.05) is 11.9 Å². The highest BCUT2D eigenvalue weighted by Gasteiger charge is 2.41. The first kappa shape index (κ1) is 18.7. The van der Waals surface area contributed by atoms with Gasteiger partial charge >= 0.3 is 12.3 Å². The predicted octanol–water partition coefficient (Wildman–Crippen LogP) is 4.23. The molecule has 0 aliphatic heterocycles. The highest BCUT2D eigenvalue weighted by atomic mass is 19.3. The van der Waals surface area contributed by atoms with Gasteiger partial charge in [-0.15, -0.1) is 0 Å². The summed E-state index contributed by atoms with van der Waals surface area (Å²) in [6.45, 7) is 2.33. The summed E-state index contributed by atoms with van der Waals surface area (Å²) in [6.07, 6.45) is -2.63. The Hall–Kier alpha value is -2.64. The maximum absolute atomic E-state index is 12.8. The van der Waals surface area contributed by atoms with Crippen LogP contribution in [0.2, 0.25) is 0 Å². The molecule has 2 aromatic rings. The van der Waals surface area contributed by atoms with Crippen LogP contribution in [0.3, 0.4) is 0 Å². The summed E-state index contributed by atoms with van der Waals surface area (Å²) in [5, 5.41) is 2.60. The molecule has 1 aromatic heterocycles. The number of anilines is 1. The molecule has 25 heavy (non-hydrogen) atoms. The number of hydrogen-bond acceptors (Lipinski definition) is 3. The van der Waals surface area contributed by atoms with Crippen LogP contribution in [0.1, 0.15) is 21.5 Å². The first-order valence-electron chi connectivity index (χ1n) is 7.32. The quantitative estimate of drug-likeness (QED) is 0.788. The van der Waals surface area contributed by atoms with Crippen molar-refractivity contribution in [2.24, 2.45) is 0 Å². The number of halogens is 4. The number of carbonyl (C=O) groups is 1. The zero-order valence-corrected chi connectivity index (χ0v) is 13.5. The van der Waals surface area contributed by atoms with Crippen molar-refractivity contribution in [3.05, 3.63) is 53.2 Å². The zero-order chi connectivity index (χ0) is 18.6. The molecular weight excluding hydrogens is 340 g/mol. The number of amides is 1. The number of aromatic nitrogens is 1. The molecule has 0 atom stereocenters. The number of carbonyl (C=O) groups excluding carboxylic acids is 1. The van der Waals surface area contributed by atoms with Crippen molar-refractivity contribution in [2.45, 2.75) is 26.2 Å². The van der Waals surface area contributed by atoms with Gasteiger partial charge in [0, 0.05) is 11.6 Å². The lowest BCUT2D eigenvalue weighted by Gasteiger charge is -2.15. The van der Waals surface area contributed by atoms with E-state index in [0.29, 0.717) is 11.3 Å². The molecule has 1 aromatic carbocycles. The largest absolute Gasteiger partial charge is 0.471 e. The molecule has 0 spiro atoms. The summed E-state index contributed by atoms with van der Waals surface area (Å²) < 4.78 is 54.2. The van der Waals surface area contributed by atoms with E-state index in [1.54, 1.807) is 12.1 Å². The number of nitrogens with zero attached hydrogens (tertiary/aromatic N) is 1. The van der Waals surface area contributed by atoms with Gasteiger partial charge in [-0.1, -0.05) is 6.07 Å². The average molecular weight is 356 g/mol. The number of alkyl halides is 4. The minimum Gasteiger partial charge on any atom is -0.471 e. The van der Waals surface area contributed by atoms with Crippen LogP contribution in [0.25, 0.3) is 0 Å². The van der Waals surface area contributed by atoms with Gasteiger partial charge in [-0.2, -0.15) is 8.78 Å². The standard InChI is InChI=1S/C17H16F4N2O2/c1-10-3-4-12(7-11(10)2)15(24)23-13-5-6-14(22-8-13)25-9-17(20,21)16(18)19/h3-8,16H,9H2,1-2H3,(H,23,24). The van der Waals surface area contributed by atoms with Gasteiger partial charge in [-0.05, 0) is 43.2 Å². The number of hydrogen-bond donors (Lipinski definition) is 1. The summed E-state index contributed by atoms with van der Waals surface area (Å²) >= 11 is 0. The van der Waals surface area contributed by atoms with Crippen molar-refractivity contribution in [1.82, 2.24) is 4.98 Å². The van der Waals surface area contributed by atoms with E-state index in [1.165, 1.54) is 18.3 Å². The minimum absolute atomic E-state index is 0.246. The third-order valence-corrected chi connectivity index (χ3v) is 3.50. The van der Waals surface area contributed by atoms with Crippen LogP contribution in [0.5, 0.6) is 5.88 Å². The van der Waals surface area contributed by atoms with Crippen LogP contribution in [-0.4, -0.2) is 29.8 Å². The Balaban J connectivity index is 1.98. The first-order valence-corrected chi connectivity index (χ1v) is 7.32. The molecule has 2 rings (SSSR count). The molecule has 4 nitrogen and oxygen atoms in total. The lowest BCUT2D eigenvalue weighted by Crippen LogP contribution is -2.33. The van der Waals surface area contributed by atoms with Crippen LogP contribution in [0, 0.1) is 13.8 Å². The van der Waals surface area contributed by atoms with Crippen LogP contribution < -0.4 is 10.1 Å². The molecule has 1 heterocycles. The third-order valence-electron chi connectivity index (χ3n) is 3.50. The summed E-state index contributed by atoms with van der Waals surface area (Å²) in [6, 6.07) is 7.82. The number of pyridine rings is 1. The minimum atomic E-state index is -4.25. The second-order valence-corrected chi connectivity index (χ2v) is 5.49. The Morgan fingerprint density at radius 2 is 1.92 bits per heavy atom. The molecule has 134 valence electrons. The van der Waals surface area contributed by atoms with Crippen molar-refractivity contribution in [3.63, 3.8) is 0 Å². The Morgan fingerprint density at radius 1 is 1.20 bits per heavy atom. The Bertz CT molecular complexity index is 749. The van der Waals surface area contributed by atoms with Crippen molar-refractivity contribution in [3.8, 4) is 5.88 Å². The smallest absolute Gasteiger partial charge is 0.340 e. The highest BCUT2D eigenvalue weighted by Crippen LogP contribution is 2.24. The molecule has 1 N–H and O–H groups in total. The number of aryl methyl sites for hydroxylation is 2. The lowest BCUT2D eigenvalue weighted by atomic mass is 10.1. The fourth-order valence-electron chi connectivity index (χ4n) is 1.86. The maximum atomic E-state index is 12.8. The van der Waals surface area contributed by atoms with E-state index in [1.807, 2.05) is 19.9 Å². The number of rotatable bonds is 6. The van der Waals surface area contributed by atoms with E-state index in [2.05, 4.69) is 15.0 Å². The maximum Gasteiger partial charge on any atom is 0.340 e. The SMILES string of the molecule is Cc1ccc(C(=O)Nc2ccc(OCC(F)(F)C(F)F)nc2)cc1C. The van der Waals surface area contributed by atoms with E-state index in [-0.39, 0.29) is 11.8 Å². The normalized spacial score (nSPS) is 11.5. The molecule has 0 aliphatic carbocycles. The number of ether oxygens (including phenoxy) is 1. The molecule has 0 fully saturated rings. The van der Waals surface area contributed by atoms with Crippen molar-refractivity contribution < 1.29 is 27.1 Å². The zero-order valence-electron chi connectivity index (χ0n) is 13.5. The topological polar surface area (TPSA) is 51.2 Å². The molecule has 0 saturated heterocycles. The summed E-state index contributed by atoms with van der Waals surface area (Å²) in [7, 11) is 0.